The molecule has 0 amide bonds. The molecule has 0 unspecified atom stereocenters. The molecule has 0 aliphatic carbocycles. The van der Waals surface area contributed by atoms with Crippen LogP contribution in [0.25, 0.3) is 0 Å². The fourth-order valence-electron chi connectivity index (χ4n) is 0.805. The van der Waals surface area contributed by atoms with E-state index in [1.807, 2.05) is 0 Å². The number of aromatic nitrogens is 2. The number of rotatable bonds is 2. The van der Waals surface area contributed by atoms with Crippen molar-refractivity contribution in [2.45, 2.75) is 6.92 Å². The normalized spacial score (nSPS) is 9.64. The van der Waals surface area contributed by atoms with E-state index in [-0.39, 0.29) is 5.69 Å². The third kappa shape index (κ3) is 1.17. The van der Waals surface area contributed by atoms with Gasteiger partial charge in [0.25, 0.3) is 0 Å². The van der Waals surface area contributed by atoms with Crippen molar-refractivity contribution in [3.05, 3.63) is 17.7 Å². The second-order valence-electron chi connectivity index (χ2n) is 1.99. The van der Waals surface area contributed by atoms with Crippen molar-refractivity contribution in [1.82, 2.24) is 9.71 Å². The summed E-state index contributed by atoms with van der Waals surface area (Å²) in [5.74, 6) is -1.04. The Morgan fingerprint density at radius 1 is 1.82 bits per heavy atom. The summed E-state index contributed by atoms with van der Waals surface area (Å²) in [6, 6.07) is 0. The van der Waals surface area contributed by atoms with Gasteiger partial charge in [-0.05, 0) is 6.92 Å². The molecule has 1 rings (SSSR count). The summed E-state index contributed by atoms with van der Waals surface area (Å²) in [6.07, 6.45) is 1.32. The monoisotopic (exact) mass is 156 g/mol. The van der Waals surface area contributed by atoms with Gasteiger partial charge in [-0.15, -0.1) is 0 Å². The minimum atomic E-state index is -1.04. The van der Waals surface area contributed by atoms with Crippen LogP contribution in [0.3, 0.4) is 0 Å². The predicted octanol–water partition coefficient (Wildman–Crippen LogP) is -0.0519. The zero-order valence-electron chi connectivity index (χ0n) is 6.24. The van der Waals surface area contributed by atoms with E-state index in [4.69, 9.17) is 9.94 Å². The number of aromatic carboxylic acids is 1. The van der Waals surface area contributed by atoms with E-state index in [1.165, 1.54) is 13.4 Å². The van der Waals surface area contributed by atoms with E-state index in [0.29, 0.717) is 5.69 Å². The minimum absolute atomic E-state index is 0.0625. The summed E-state index contributed by atoms with van der Waals surface area (Å²) in [5, 5.41) is 8.63. The Balaban J connectivity index is 3.17. The lowest BCUT2D eigenvalue weighted by Gasteiger charge is -2.00. The van der Waals surface area contributed by atoms with Gasteiger partial charge in [-0.1, -0.05) is 0 Å². The molecule has 5 heteroatoms. The van der Waals surface area contributed by atoms with Crippen LogP contribution < -0.4 is 4.84 Å². The first-order valence-corrected chi connectivity index (χ1v) is 2.98. The lowest BCUT2D eigenvalue weighted by atomic mass is 10.3. The van der Waals surface area contributed by atoms with E-state index in [2.05, 4.69) is 4.98 Å². The molecule has 0 saturated heterocycles. The molecule has 0 aromatic carbocycles. The van der Waals surface area contributed by atoms with E-state index < -0.39 is 5.97 Å². The molecule has 0 atom stereocenters. The molecule has 5 nitrogen and oxygen atoms in total. The Labute approximate surface area is 63.2 Å². The molecule has 0 aliphatic rings. The average Bonchev–Trinajstić information content (AvgIpc) is 2.30. The Bertz CT molecular complexity index is 279. The quantitative estimate of drug-likeness (QED) is 0.651. The third-order valence-corrected chi connectivity index (χ3v) is 1.32. The largest absolute Gasteiger partial charge is 0.476 e. The zero-order valence-corrected chi connectivity index (χ0v) is 6.24. The summed E-state index contributed by atoms with van der Waals surface area (Å²) < 4.78 is 1.11. The van der Waals surface area contributed by atoms with Crippen molar-refractivity contribution in [2.24, 2.45) is 0 Å². The van der Waals surface area contributed by atoms with Gasteiger partial charge in [0, 0.05) is 0 Å². The van der Waals surface area contributed by atoms with E-state index in [1.54, 1.807) is 6.92 Å². The fraction of sp³-hybridized carbons (Fsp3) is 0.333. The third-order valence-electron chi connectivity index (χ3n) is 1.32. The Hall–Kier alpha value is -1.52. The number of hydrogen-bond acceptors (Lipinski definition) is 3. The molecule has 0 fully saturated rings. The summed E-state index contributed by atoms with van der Waals surface area (Å²) in [6.45, 7) is 1.61. The van der Waals surface area contributed by atoms with Crippen molar-refractivity contribution in [2.75, 3.05) is 7.11 Å². The van der Waals surface area contributed by atoms with Gasteiger partial charge in [-0.25, -0.2) is 9.78 Å². The van der Waals surface area contributed by atoms with Crippen LogP contribution in [0.2, 0.25) is 0 Å². The SMILES string of the molecule is COn1cnc(C)c1C(=O)O. The molecule has 0 saturated carbocycles. The van der Waals surface area contributed by atoms with Crippen LogP contribution in [0.15, 0.2) is 6.33 Å². The zero-order chi connectivity index (χ0) is 8.43. The van der Waals surface area contributed by atoms with E-state index in [0.717, 1.165) is 4.73 Å². The van der Waals surface area contributed by atoms with Gasteiger partial charge >= 0.3 is 5.97 Å². The van der Waals surface area contributed by atoms with Crippen molar-refractivity contribution >= 4 is 5.97 Å². The van der Waals surface area contributed by atoms with Crippen molar-refractivity contribution < 1.29 is 14.7 Å². The second-order valence-corrected chi connectivity index (χ2v) is 1.99. The summed E-state index contributed by atoms with van der Waals surface area (Å²) in [4.78, 5) is 19.0. The van der Waals surface area contributed by atoms with Crippen molar-refractivity contribution in [3.63, 3.8) is 0 Å². The van der Waals surface area contributed by atoms with Crippen molar-refractivity contribution in [3.8, 4) is 0 Å². The van der Waals surface area contributed by atoms with Crippen LogP contribution in [0.1, 0.15) is 16.2 Å². The van der Waals surface area contributed by atoms with Crippen LogP contribution in [0, 0.1) is 6.92 Å². The van der Waals surface area contributed by atoms with Gasteiger partial charge in [-0.3, -0.25) is 0 Å². The summed E-state index contributed by atoms with van der Waals surface area (Å²) in [5.41, 5.74) is 0.506. The van der Waals surface area contributed by atoms with Crippen molar-refractivity contribution in [1.29, 1.82) is 0 Å². The molecular formula is C6H8N2O3. The summed E-state index contributed by atoms with van der Waals surface area (Å²) >= 11 is 0. The van der Waals surface area contributed by atoms with Gasteiger partial charge < -0.3 is 9.94 Å². The maximum Gasteiger partial charge on any atom is 0.357 e. The smallest absolute Gasteiger partial charge is 0.357 e. The highest BCUT2D eigenvalue weighted by Crippen LogP contribution is 2.03. The molecule has 1 heterocycles. The van der Waals surface area contributed by atoms with E-state index >= 15 is 0 Å². The second kappa shape index (κ2) is 2.61. The molecule has 11 heavy (non-hydrogen) atoms. The molecule has 0 spiro atoms. The van der Waals surface area contributed by atoms with Gasteiger partial charge in [0.2, 0.25) is 0 Å². The molecular weight excluding hydrogens is 148 g/mol. The lowest BCUT2D eigenvalue weighted by molar-refractivity contribution is 0.0638. The Morgan fingerprint density at radius 3 is 2.82 bits per heavy atom. The maximum absolute atomic E-state index is 10.5. The highest BCUT2D eigenvalue weighted by Gasteiger charge is 2.14. The van der Waals surface area contributed by atoms with Crippen LogP contribution in [0.5, 0.6) is 0 Å². The number of carbonyl (C=O) groups is 1. The average molecular weight is 156 g/mol. The number of imidazole rings is 1. The van der Waals surface area contributed by atoms with Crippen LogP contribution >= 0.6 is 0 Å². The van der Waals surface area contributed by atoms with Gasteiger partial charge in [0.05, 0.1) is 5.69 Å². The first kappa shape index (κ1) is 7.59. The van der Waals surface area contributed by atoms with Gasteiger partial charge in [-0.2, -0.15) is 4.73 Å². The molecule has 1 aromatic rings. The summed E-state index contributed by atoms with van der Waals surface area (Å²) in [7, 11) is 1.38. The number of hydrogen-bond donors (Lipinski definition) is 1. The lowest BCUT2D eigenvalue weighted by Crippen LogP contribution is -2.13. The van der Waals surface area contributed by atoms with Gasteiger partial charge in [0.1, 0.15) is 13.4 Å². The number of aryl methyl sites for hydroxylation is 1. The molecule has 0 aliphatic heterocycles. The minimum Gasteiger partial charge on any atom is -0.476 e. The Kier molecular flexibility index (Phi) is 1.80. The van der Waals surface area contributed by atoms with E-state index in [9.17, 15) is 4.79 Å². The molecule has 1 aromatic heterocycles. The predicted molar refractivity (Wildman–Crippen MR) is 36.4 cm³/mol. The fourth-order valence-corrected chi connectivity index (χ4v) is 0.805. The first-order chi connectivity index (χ1) is 5.16. The standard InChI is InChI=1S/C6H8N2O3/c1-4-5(6(9)10)8(11-2)3-7-4/h3H,1-2H3,(H,9,10). The topological polar surface area (TPSA) is 64.4 Å². The Morgan fingerprint density at radius 2 is 2.45 bits per heavy atom. The molecule has 60 valence electrons. The molecule has 1 N–H and O–H groups in total. The van der Waals surface area contributed by atoms with Crippen LogP contribution in [0.4, 0.5) is 0 Å². The van der Waals surface area contributed by atoms with Gasteiger partial charge in [0.15, 0.2) is 5.69 Å². The number of carboxylic acid groups (broad SMARTS) is 1. The van der Waals surface area contributed by atoms with Crippen LogP contribution in [-0.4, -0.2) is 27.9 Å². The molecule has 0 bridgehead atoms. The number of carboxylic acids is 1. The first-order valence-electron chi connectivity index (χ1n) is 2.98. The van der Waals surface area contributed by atoms with Crippen LogP contribution in [-0.2, 0) is 0 Å². The number of nitrogens with zero attached hydrogens (tertiary/aromatic N) is 2. The highest BCUT2D eigenvalue weighted by atomic mass is 16.6. The molecule has 0 radical (unpaired) electrons. The maximum atomic E-state index is 10.5. The highest BCUT2D eigenvalue weighted by molar-refractivity contribution is 5.86.